The summed E-state index contributed by atoms with van der Waals surface area (Å²) in [5.74, 6) is -0.0309. The van der Waals surface area contributed by atoms with E-state index in [1.165, 1.54) is 11.3 Å². The van der Waals surface area contributed by atoms with Crippen LogP contribution in [0.15, 0.2) is 53.6 Å². The predicted molar refractivity (Wildman–Crippen MR) is 105 cm³/mol. The van der Waals surface area contributed by atoms with Crippen molar-refractivity contribution in [2.75, 3.05) is 10.7 Å². The largest absolute Gasteiger partial charge is 0.326 e. The number of hydrazone groups is 1. The first kappa shape index (κ1) is 17.1. The van der Waals surface area contributed by atoms with Crippen molar-refractivity contribution in [3.8, 4) is 0 Å². The fourth-order valence-electron chi connectivity index (χ4n) is 2.26. The van der Waals surface area contributed by atoms with Crippen LogP contribution in [-0.4, -0.2) is 16.6 Å². The zero-order valence-electron chi connectivity index (χ0n) is 14.2. The highest BCUT2D eigenvalue weighted by atomic mass is 32.1. The van der Waals surface area contributed by atoms with E-state index in [0.717, 1.165) is 38.7 Å². The normalized spacial score (nSPS) is 11.5. The maximum Gasteiger partial charge on any atom is 0.228 e. The minimum Gasteiger partial charge on any atom is -0.326 e. The second-order valence-corrected chi connectivity index (χ2v) is 6.76. The Labute approximate surface area is 150 Å². The highest BCUT2D eigenvalue weighted by molar-refractivity contribution is 7.22. The Kier molecular flexibility index (Phi) is 5.40. The van der Waals surface area contributed by atoms with Crippen LogP contribution in [0.3, 0.4) is 0 Å². The Hall–Kier alpha value is -2.73. The molecule has 0 aliphatic heterocycles. The molecule has 1 heterocycles. The molecule has 1 amide bonds. The number of anilines is 2. The number of hydrogen-bond acceptors (Lipinski definition) is 5. The zero-order valence-corrected chi connectivity index (χ0v) is 15.1. The monoisotopic (exact) mass is 352 g/mol. The number of carbonyl (C=O) groups is 1. The van der Waals surface area contributed by atoms with Crippen LogP contribution in [0.5, 0.6) is 0 Å². The topological polar surface area (TPSA) is 66.4 Å². The highest BCUT2D eigenvalue weighted by Crippen LogP contribution is 2.28. The van der Waals surface area contributed by atoms with Crippen molar-refractivity contribution < 1.29 is 4.79 Å². The molecule has 0 saturated carbocycles. The summed E-state index contributed by atoms with van der Waals surface area (Å²) < 4.78 is 1.00. The molecule has 3 rings (SSSR count). The standard InChI is InChI=1S/C19H20N4OS/c1-3-13(2)22-23-19-21-16-10-9-15(12-17(16)25-19)20-18(24)11-14-7-5-4-6-8-14/h4-10,12H,3,11H2,1-2H3,(H,20,24)(H,21,23)/b22-13-. The number of amides is 1. The Morgan fingerprint density at radius 1 is 1.20 bits per heavy atom. The van der Waals surface area contributed by atoms with E-state index in [-0.39, 0.29) is 5.91 Å². The van der Waals surface area contributed by atoms with E-state index in [1.807, 2.05) is 55.5 Å². The van der Waals surface area contributed by atoms with Crippen molar-refractivity contribution in [1.82, 2.24) is 4.98 Å². The van der Waals surface area contributed by atoms with Crippen molar-refractivity contribution in [1.29, 1.82) is 0 Å². The van der Waals surface area contributed by atoms with Gasteiger partial charge in [-0.05, 0) is 37.1 Å². The fourth-order valence-corrected chi connectivity index (χ4v) is 3.11. The number of hydrogen-bond donors (Lipinski definition) is 2. The molecule has 0 bridgehead atoms. The van der Waals surface area contributed by atoms with Crippen LogP contribution in [-0.2, 0) is 11.2 Å². The van der Waals surface area contributed by atoms with E-state index in [9.17, 15) is 4.79 Å². The molecule has 1 aromatic heterocycles. The van der Waals surface area contributed by atoms with Gasteiger partial charge in [-0.3, -0.25) is 10.2 Å². The minimum absolute atomic E-state index is 0.0309. The van der Waals surface area contributed by atoms with Gasteiger partial charge in [0.05, 0.1) is 16.6 Å². The summed E-state index contributed by atoms with van der Waals surface area (Å²) in [6.45, 7) is 4.03. The average Bonchev–Trinajstić information content (AvgIpc) is 3.02. The molecule has 0 fully saturated rings. The molecular formula is C19H20N4OS. The fraction of sp³-hybridized carbons (Fsp3) is 0.211. The van der Waals surface area contributed by atoms with Gasteiger partial charge in [0.15, 0.2) is 0 Å². The van der Waals surface area contributed by atoms with Crippen LogP contribution in [0.1, 0.15) is 25.8 Å². The number of nitrogens with zero attached hydrogens (tertiary/aromatic N) is 2. The number of carbonyl (C=O) groups excluding carboxylic acids is 1. The van der Waals surface area contributed by atoms with Crippen molar-refractivity contribution in [3.05, 3.63) is 54.1 Å². The van der Waals surface area contributed by atoms with Crippen LogP contribution in [0.4, 0.5) is 10.8 Å². The third kappa shape index (κ3) is 4.64. The van der Waals surface area contributed by atoms with Crippen molar-refractivity contribution in [2.24, 2.45) is 5.10 Å². The van der Waals surface area contributed by atoms with E-state index in [4.69, 9.17) is 0 Å². The van der Waals surface area contributed by atoms with Gasteiger partial charge in [0.2, 0.25) is 11.0 Å². The van der Waals surface area contributed by atoms with Crippen molar-refractivity contribution in [2.45, 2.75) is 26.7 Å². The van der Waals surface area contributed by atoms with E-state index in [1.54, 1.807) is 0 Å². The predicted octanol–water partition coefficient (Wildman–Crippen LogP) is 4.68. The summed E-state index contributed by atoms with van der Waals surface area (Å²) in [7, 11) is 0. The van der Waals surface area contributed by atoms with E-state index in [0.29, 0.717) is 6.42 Å². The summed E-state index contributed by atoms with van der Waals surface area (Å²) in [4.78, 5) is 16.7. The summed E-state index contributed by atoms with van der Waals surface area (Å²) in [5, 5.41) is 7.96. The summed E-state index contributed by atoms with van der Waals surface area (Å²) in [6, 6.07) is 15.4. The quantitative estimate of drug-likeness (QED) is 0.500. The van der Waals surface area contributed by atoms with Gasteiger partial charge in [-0.25, -0.2) is 4.98 Å². The molecule has 0 saturated heterocycles. The number of thiazole rings is 1. The van der Waals surface area contributed by atoms with Gasteiger partial charge in [-0.1, -0.05) is 48.6 Å². The van der Waals surface area contributed by atoms with Gasteiger partial charge >= 0.3 is 0 Å². The minimum atomic E-state index is -0.0309. The first-order valence-electron chi connectivity index (χ1n) is 8.17. The van der Waals surface area contributed by atoms with Gasteiger partial charge in [0.25, 0.3) is 0 Å². The number of rotatable bonds is 6. The number of benzene rings is 2. The first-order chi connectivity index (χ1) is 12.1. The molecule has 2 aromatic carbocycles. The molecule has 2 N–H and O–H groups in total. The molecule has 5 nitrogen and oxygen atoms in total. The molecule has 0 aliphatic carbocycles. The number of nitrogens with one attached hydrogen (secondary N) is 2. The zero-order chi connectivity index (χ0) is 17.6. The van der Waals surface area contributed by atoms with Gasteiger partial charge in [-0.15, -0.1) is 0 Å². The molecule has 0 radical (unpaired) electrons. The molecule has 0 unspecified atom stereocenters. The maximum absolute atomic E-state index is 12.2. The lowest BCUT2D eigenvalue weighted by atomic mass is 10.1. The first-order valence-corrected chi connectivity index (χ1v) is 8.99. The smallest absolute Gasteiger partial charge is 0.228 e. The molecule has 25 heavy (non-hydrogen) atoms. The Morgan fingerprint density at radius 2 is 2.00 bits per heavy atom. The molecule has 0 aliphatic rings. The molecular weight excluding hydrogens is 332 g/mol. The summed E-state index contributed by atoms with van der Waals surface area (Å²) in [5.41, 5.74) is 6.66. The number of aromatic nitrogens is 1. The summed E-state index contributed by atoms with van der Waals surface area (Å²) in [6.07, 6.45) is 1.26. The van der Waals surface area contributed by atoms with E-state index in [2.05, 4.69) is 27.8 Å². The van der Waals surface area contributed by atoms with Crippen LogP contribution in [0.25, 0.3) is 10.2 Å². The van der Waals surface area contributed by atoms with Crippen LogP contribution in [0.2, 0.25) is 0 Å². The maximum atomic E-state index is 12.2. The second kappa shape index (κ2) is 7.90. The van der Waals surface area contributed by atoms with Crippen molar-refractivity contribution >= 4 is 44.0 Å². The van der Waals surface area contributed by atoms with E-state index < -0.39 is 0 Å². The Balaban J connectivity index is 1.69. The van der Waals surface area contributed by atoms with Crippen LogP contribution >= 0.6 is 11.3 Å². The van der Waals surface area contributed by atoms with Crippen molar-refractivity contribution in [3.63, 3.8) is 0 Å². The van der Waals surface area contributed by atoms with Gasteiger partial charge in [-0.2, -0.15) is 5.10 Å². The highest BCUT2D eigenvalue weighted by Gasteiger charge is 2.07. The average molecular weight is 352 g/mol. The molecule has 0 atom stereocenters. The number of fused-ring (bicyclic) bond motifs is 1. The van der Waals surface area contributed by atoms with Gasteiger partial charge in [0.1, 0.15) is 0 Å². The molecule has 128 valence electrons. The third-order valence-corrected chi connectivity index (χ3v) is 4.66. The van der Waals surface area contributed by atoms with Crippen LogP contribution < -0.4 is 10.7 Å². The Morgan fingerprint density at radius 3 is 2.76 bits per heavy atom. The lowest BCUT2D eigenvalue weighted by Crippen LogP contribution is -2.14. The molecule has 3 aromatic rings. The summed E-state index contributed by atoms with van der Waals surface area (Å²) >= 11 is 1.51. The van der Waals surface area contributed by atoms with Gasteiger partial charge in [0, 0.05) is 11.4 Å². The SMILES string of the molecule is CC/C(C)=N\Nc1nc2ccc(NC(=O)Cc3ccccc3)cc2s1. The molecule has 6 heteroatoms. The Bertz CT molecular complexity index is 902. The molecule has 0 spiro atoms. The third-order valence-electron chi connectivity index (χ3n) is 3.73. The van der Waals surface area contributed by atoms with Gasteiger partial charge < -0.3 is 5.32 Å². The van der Waals surface area contributed by atoms with E-state index >= 15 is 0 Å². The lowest BCUT2D eigenvalue weighted by molar-refractivity contribution is -0.115. The lowest BCUT2D eigenvalue weighted by Gasteiger charge is -2.05. The van der Waals surface area contributed by atoms with Crippen LogP contribution in [0, 0.1) is 0 Å². The second-order valence-electron chi connectivity index (χ2n) is 5.72.